The smallest absolute Gasteiger partial charge is 0.412 e. The van der Waals surface area contributed by atoms with Crippen LogP contribution in [0.1, 0.15) is 39.7 Å². The minimum absolute atomic E-state index is 0.0548. The highest BCUT2D eigenvalue weighted by molar-refractivity contribution is 5.88. The Labute approximate surface area is 178 Å². The number of ether oxygens (including phenoxy) is 1. The number of nitrogens with zero attached hydrogens (tertiary/aromatic N) is 2. The molecule has 30 heavy (non-hydrogen) atoms. The summed E-state index contributed by atoms with van der Waals surface area (Å²) in [5.41, 5.74) is 0.930. The topological polar surface area (TPSA) is 91.0 Å². The van der Waals surface area contributed by atoms with E-state index in [9.17, 15) is 14.4 Å². The van der Waals surface area contributed by atoms with Crippen molar-refractivity contribution in [3.8, 4) is 0 Å². The second kappa shape index (κ2) is 10.4. The van der Waals surface area contributed by atoms with Gasteiger partial charge in [-0.15, -0.1) is 0 Å². The van der Waals surface area contributed by atoms with Crippen LogP contribution in [-0.2, 0) is 20.7 Å². The molecule has 0 radical (unpaired) electrons. The Kier molecular flexibility index (Phi) is 8.23. The lowest BCUT2D eigenvalue weighted by molar-refractivity contribution is -0.137. The van der Waals surface area contributed by atoms with E-state index >= 15 is 0 Å². The Balaban J connectivity index is 2.03. The van der Waals surface area contributed by atoms with Crippen LogP contribution < -0.4 is 10.6 Å². The van der Waals surface area contributed by atoms with Gasteiger partial charge in [0.1, 0.15) is 11.6 Å². The van der Waals surface area contributed by atoms with Crippen molar-refractivity contribution in [2.45, 2.75) is 52.2 Å². The maximum absolute atomic E-state index is 13.0. The van der Waals surface area contributed by atoms with E-state index in [-0.39, 0.29) is 11.8 Å². The molecule has 8 nitrogen and oxygen atoms in total. The molecule has 1 aromatic carbocycles. The molecule has 0 bridgehead atoms. The summed E-state index contributed by atoms with van der Waals surface area (Å²) in [5.74, 6) is -0.202. The molecule has 1 aromatic rings. The molecule has 3 amide bonds. The van der Waals surface area contributed by atoms with Gasteiger partial charge in [-0.3, -0.25) is 14.9 Å². The summed E-state index contributed by atoms with van der Waals surface area (Å²) in [6.45, 7) is 10.1. The van der Waals surface area contributed by atoms with E-state index in [0.717, 1.165) is 18.7 Å². The number of amides is 3. The van der Waals surface area contributed by atoms with Crippen LogP contribution in [0.15, 0.2) is 24.3 Å². The summed E-state index contributed by atoms with van der Waals surface area (Å²) in [6.07, 6.45) is 0.197. The first-order chi connectivity index (χ1) is 14.1. The summed E-state index contributed by atoms with van der Waals surface area (Å²) in [7, 11) is 2.03. The van der Waals surface area contributed by atoms with Crippen LogP contribution in [0.5, 0.6) is 0 Å². The van der Waals surface area contributed by atoms with Gasteiger partial charge in [-0.2, -0.15) is 0 Å². The van der Waals surface area contributed by atoms with Gasteiger partial charge in [-0.25, -0.2) is 4.79 Å². The number of hydrogen-bond acceptors (Lipinski definition) is 5. The second-order valence-electron chi connectivity index (χ2n) is 8.63. The first-order valence-corrected chi connectivity index (χ1v) is 10.4. The van der Waals surface area contributed by atoms with E-state index in [1.165, 1.54) is 0 Å². The number of carbonyl (C=O) groups is 3. The minimum atomic E-state index is -0.606. The average Bonchev–Trinajstić information content (AvgIpc) is 2.67. The van der Waals surface area contributed by atoms with Crippen LogP contribution in [0.4, 0.5) is 10.5 Å². The lowest BCUT2D eigenvalue weighted by Crippen LogP contribution is -2.54. The zero-order valence-corrected chi connectivity index (χ0v) is 18.7. The Bertz CT molecular complexity index is 734. The summed E-state index contributed by atoms with van der Waals surface area (Å²) < 4.78 is 5.25. The largest absolute Gasteiger partial charge is 0.444 e. The molecular weight excluding hydrogens is 384 g/mol. The van der Waals surface area contributed by atoms with Crippen LogP contribution in [-0.4, -0.2) is 72.6 Å². The van der Waals surface area contributed by atoms with E-state index in [1.54, 1.807) is 39.8 Å². The van der Waals surface area contributed by atoms with Gasteiger partial charge in [0.05, 0.1) is 0 Å². The highest BCUT2D eigenvalue weighted by Crippen LogP contribution is 2.15. The molecule has 1 heterocycles. The molecule has 0 spiro atoms. The van der Waals surface area contributed by atoms with Crippen molar-refractivity contribution in [3.63, 3.8) is 0 Å². The Morgan fingerprint density at radius 2 is 1.67 bits per heavy atom. The van der Waals surface area contributed by atoms with Crippen molar-refractivity contribution in [2.24, 2.45) is 0 Å². The second-order valence-corrected chi connectivity index (χ2v) is 8.63. The Morgan fingerprint density at radius 3 is 2.20 bits per heavy atom. The van der Waals surface area contributed by atoms with Gasteiger partial charge in [0.15, 0.2) is 0 Å². The van der Waals surface area contributed by atoms with Crippen LogP contribution in [0.2, 0.25) is 0 Å². The maximum Gasteiger partial charge on any atom is 0.412 e. The number of anilines is 1. The first-order valence-electron chi connectivity index (χ1n) is 10.4. The van der Waals surface area contributed by atoms with Crippen molar-refractivity contribution in [1.82, 2.24) is 15.1 Å². The lowest BCUT2D eigenvalue weighted by atomic mass is 10.0. The molecule has 1 atom stereocenters. The highest BCUT2D eigenvalue weighted by Gasteiger charge is 2.28. The minimum Gasteiger partial charge on any atom is -0.444 e. The van der Waals surface area contributed by atoms with E-state index in [1.807, 2.05) is 24.1 Å². The third-order valence-corrected chi connectivity index (χ3v) is 4.81. The van der Waals surface area contributed by atoms with Crippen molar-refractivity contribution in [2.75, 3.05) is 38.5 Å². The molecule has 2 N–H and O–H groups in total. The van der Waals surface area contributed by atoms with Crippen LogP contribution >= 0.6 is 0 Å². The summed E-state index contributed by atoms with van der Waals surface area (Å²) in [6, 6.07) is 6.60. The summed E-state index contributed by atoms with van der Waals surface area (Å²) in [4.78, 5) is 40.9. The number of carbonyl (C=O) groups excluding carboxylic acids is 3. The SMILES string of the molecule is CCC(=O)N[C@H](Cc1ccc(NC(=O)OC(C)(C)C)cc1)C(=O)N1CCN(C)CC1. The predicted molar refractivity (Wildman–Crippen MR) is 116 cm³/mol. The molecule has 0 saturated carbocycles. The third kappa shape index (κ3) is 7.67. The fourth-order valence-corrected chi connectivity index (χ4v) is 3.13. The molecular formula is C22H34N4O4. The Hall–Kier alpha value is -2.61. The summed E-state index contributed by atoms with van der Waals surface area (Å²) >= 11 is 0. The zero-order valence-electron chi connectivity index (χ0n) is 18.7. The van der Waals surface area contributed by atoms with E-state index in [2.05, 4.69) is 15.5 Å². The number of rotatable bonds is 6. The van der Waals surface area contributed by atoms with Crippen molar-refractivity contribution < 1.29 is 19.1 Å². The molecule has 1 saturated heterocycles. The van der Waals surface area contributed by atoms with Gasteiger partial charge in [-0.05, 0) is 45.5 Å². The van der Waals surface area contributed by atoms with Crippen LogP contribution in [0, 0.1) is 0 Å². The van der Waals surface area contributed by atoms with E-state index in [0.29, 0.717) is 31.6 Å². The van der Waals surface area contributed by atoms with Crippen LogP contribution in [0.3, 0.4) is 0 Å². The molecule has 0 aliphatic carbocycles. The number of hydrogen-bond donors (Lipinski definition) is 2. The highest BCUT2D eigenvalue weighted by atomic mass is 16.6. The predicted octanol–water partition coefficient (Wildman–Crippen LogP) is 2.24. The fraction of sp³-hybridized carbons (Fsp3) is 0.591. The van der Waals surface area contributed by atoms with Crippen molar-refractivity contribution in [1.29, 1.82) is 0 Å². The molecule has 2 rings (SSSR count). The van der Waals surface area contributed by atoms with Gasteiger partial charge >= 0.3 is 6.09 Å². The number of benzene rings is 1. The maximum atomic E-state index is 13.0. The number of nitrogens with one attached hydrogen (secondary N) is 2. The zero-order chi connectivity index (χ0) is 22.3. The van der Waals surface area contributed by atoms with Crippen LogP contribution in [0.25, 0.3) is 0 Å². The number of likely N-dealkylation sites (N-methyl/N-ethyl adjacent to an activating group) is 1. The van der Waals surface area contributed by atoms with E-state index < -0.39 is 17.7 Å². The standard InChI is InChI=1S/C22H34N4O4/c1-6-19(27)24-18(20(28)26-13-11-25(5)12-14-26)15-16-7-9-17(10-8-16)23-21(29)30-22(2,3)4/h7-10,18H,6,11-15H2,1-5H3,(H,23,29)(H,24,27)/t18-/m1/s1. The molecule has 166 valence electrons. The lowest BCUT2D eigenvalue weighted by Gasteiger charge is -2.34. The molecule has 8 heteroatoms. The molecule has 1 aliphatic rings. The van der Waals surface area contributed by atoms with Gasteiger partial charge in [-0.1, -0.05) is 19.1 Å². The number of piperazine rings is 1. The van der Waals surface area contributed by atoms with Gasteiger partial charge in [0.25, 0.3) is 0 Å². The molecule has 1 fully saturated rings. The monoisotopic (exact) mass is 418 g/mol. The van der Waals surface area contributed by atoms with Crippen molar-refractivity contribution >= 4 is 23.6 Å². The third-order valence-electron chi connectivity index (χ3n) is 4.81. The first kappa shape index (κ1) is 23.7. The van der Waals surface area contributed by atoms with Gasteiger partial charge in [0, 0.05) is 44.7 Å². The summed E-state index contributed by atoms with van der Waals surface area (Å²) in [5, 5.41) is 5.55. The molecule has 0 unspecified atom stereocenters. The normalized spacial score (nSPS) is 16.0. The van der Waals surface area contributed by atoms with E-state index in [4.69, 9.17) is 4.74 Å². The molecule has 0 aromatic heterocycles. The fourth-order valence-electron chi connectivity index (χ4n) is 3.13. The Morgan fingerprint density at radius 1 is 1.07 bits per heavy atom. The van der Waals surface area contributed by atoms with Gasteiger partial charge < -0.3 is 19.9 Å². The van der Waals surface area contributed by atoms with Gasteiger partial charge in [0.2, 0.25) is 11.8 Å². The quantitative estimate of drug-likeness (QED) is 0.739. The average molecular weight is 419 g/mol. The molecule has 1 aliphatic heterocycles. The van der Waals surface area contributed by atoms with Crippen molar-refractivity contribution in [3.05, 3.63) is 29.8 Å².